The molecule has 192 valence electrons. The zero-order valence-electron chi connectivity index (χ0n) is 21.0. The highest BCUT2D eigenvalue weighted by atomic mass is 32.1. The van der Waals surface area contributed by atoms with Gasteiger partial charge in [-0.2, -0.15) is 5.10 Å². The molecule has 0 aliphatic carbocycles. The minimum absolute atomic E-state index is 0.152. The van der Waals surface area contributed by atoms with Crippen molar-refractivity contribution in [3.8, 4) is 34.2 Å². The summed E-state index contributed by atoms with van der Waals surface area (Å²) >= 11 is 1.32. The number of anilines is 1. The van der Waals surface area contributed by atoms with Gasteiger partial charge in [0.15, 0.2) is 22.4 Å². The van der Waals surface area contributed by atoms with Crippen LogP contribution in [0.3, 0.4) is 0 Å². The highest BCUT2D eigenvalue weighted by molar-refractivity contribution is 7.14. The summed E-state index contributed by atoms with van der Waals surface area (Å²) in [6.45, 7) is 0.253. The smallest absolute Gasteiger partial charge is 0.240 e. The molecule has 0 saturated heterocycles. The minimum Gasteiger partial charge on any atom is -0.493 e. The van der Waals surface area contributed by atoms with Crippen molar-refractivity contribution in [2.24, 2.45) is 0 Å². The van der Waals surface area contributed by atoms with Crippen LogP contribution in [0.2, 0.25) is 0 Å². The van der Waals surface area contributed by atoms with E-state index in [0.29, 0.717) is 44.9 Å². The zero-order chi connectivity index (χ0) is 26.5. The summed E-state index contributed by atoms with van der Waals surface area (Å²) in [5, 5.41) is 9.36. The Kier molecular flexibility index (Phi) is 7.80. The Morgan fingerprint density at radius 2 is 1.78 bits per heavy atom. The highest BCUT2D eigenvalue weighted by Crippen LogP contribution is 2.39. The number of carbonyl (C=O) groups is 2. The summed E-state index contributed by atoms with van der Waals surface area (Å²) in [6, 6.07) is 8.52. The Morgan fingerprint density at radius 3 is 2.38 bits per heavy atom. The lowest BCUT2D eigenvalue weighted by Gasteiger charge is -2.15. The predicted octanol–water partition coefficient (Wildman–Crippen LogP) is 3.15. The van der Waals surface area contributed by atoms with Crippen LogP contribution in [0, 0.1) is 0 Å². The molecule has 4 aromatic rings. The topological polar surface area (TPSA) is 121 Å². The number of rotatable bonds is 10. The van der Waals surface area contributed by atoms with Gasteiger partial charge >= 0.3 is 0 Å². The van der Waals surface area contributed by atoms with E-state index >= 15 is 0 Å². The number of nitrogens with one attached hydrogen (secondary N) is 1. The molecule has 2 aromatic heterocycles. The van der Waals surface area contributed by atoms with Crippen LogP contribution in [-0.4, -0.2) is 78.3 Å². The first-order valence-electron chi connectivity index (χ1n) is 11.1. The van der Waals surface area contributed by atoms with E-state index in [1.807, 2.05) is 19.5 Å². The fraction of sp³-hybridized carbons (Fsp3) is 0.240. The van der Waals surface area contributed by atoms with Gasteiger partial charge in [-0.05, 0) is 38.4 Å². The molecule has 0 unspecified atom stereocenters. The van der Waals surface area contributed by atoms with E-state index in [-0.39, 0.29) is 18.2 Å². The molecule has 4 rings (SSSR count). The fourth-order valence-corrected chi connectivity index (χ4v) is 4.42. The second-order valence-corrected chi connectivity index (χ2v) is 9.00. The first kappa shape index (κ1) is 25.8. The van der Waals surface area contributed by atoms with Crippen LogP contribution in [0.25, 0.3) is 16.9 Å². The lowest BCUT2D eigenvalue weighted by atomic mass is 9.98. The van der Waals surface area contributed by atoms with Gasteiger partial charge in [0.2, 0.25) is 11.7 Å². The molecule has 1 N–H and O–H groups in total. The van der Waals surface area contributed by atoms with Gasteiger partial charge in [-0.15, -0.1) is 11.3 Å². The normalized spacial score (nSPS) is 10.9. The fourth-order valence-electron chi connectivity index (χ4n) is 3.68. The number of benzene rings is 2. The van der Waals surface area contributed by atoms with Gasteiger partial charge in [-0.1, -0.05) is 6.07 Å². The Hall–Kier alpha value is -4.29. The molecule has 0 fully saturated rings. The van der Waals surface area contributed by atoms with Crippen molar-refractivity contribution in [2.45, 2.75) is 0 Å². The summed E-state index contributed by atoms with van der Waals surface area (Å²) in [5.74, 6) is 0.711. The first-order valence-corrected chi connectivity index (χ1v) is 12.0. The molecule has 12 heteroatoms. The van der Waals surface area contributed by atoms with Crippen LogP contribution < -0.4 is 19.5 Å². The quantitative estimate of drug-likeness (QED) is 0.313. The van der Waals surface area contributed by atoms with Crippen LogP contribution in [0.4, 0.5) is 5.13 Å². The minimum atomic E-state index is -0.272. The summed E-state index contributed by atoms with van der Waals surface area (Å²) < 4.78 is 17.7. The van der Waals surface area contributed by atoms with Crippen molar-refractivity contribution >= 4 is 28.2 Å². The molecule has 0 spiro atoms. The Morgan fingerprint density at radius 1 is 1.05 bits per heavy atom. The standard InChI is InChI=1S/C25H26N6O5S/c1-30(2)11-22(32)29-25-28-18(12-37-25)15-6-7-17(19(8-15)31-14-26-13-27-31)23(33)16-9-20(34-3)24(36-5)21(10-16)35-4/h6-10,12-14H,11H2,1-5H3,(H,28,29,32). The molecule has 0 saturated carbocycles. The van der Waals surface area contributed by atoms with E-state index in [4.69, 9.17) is 14.2 Å². The van der Waals surface area contributed by atoms with Crippen molar-refractivity contribution in [3.05, 3.63) is 59.5 Å². The molecule has 0 aliphatic heterocycles. The number of carbonyl (C=O) groups excluding carboxylic acids is 2. The molecule has 1 amide bonds. The van der Waals surface area contributed by atoms with Gasteiger partial charge in [0.05, 0.1) is 39.3 Å². The number of hydrogen-bond donors (Lipinski definition) is 1. The van der Waals surface area contributed by atoms with Gasteiger partial charge in [0, 0.05) is 22.1 Å². The summed E-state index contributed by atoms with van der Waals surface area (Å²) in [4.78, 5) is 36.1. The first-order chi connectivity index (χ1) is 17.8. The molecule has 2 heterocycles. The summed E-state index contributed by atoms with van der Waals surface area (Å²) in [5.41, 5.74) is 2.65. The van der Waals surface area contributed by atoms with Crippen molar-refractivity contribution in [3.63, 3.8) is 0 Å². The van der Waals surface area contributed by atoms with Crippen LogP contribution in [0.15, 0.2) is 48.4 Å². The third-order valence-electron chi connectivity index (χ3n) is 5.34. The van der Waals surface area contributed by atoms with Crippen LogP contribution in [-0.2, 0) is 4.79 Å². The third kappa shape index (κ3) is 5.60. The third-order valence-corrected chi connectivity index (χ3v) is 6.10. The van der Waals surface area contributed by atoms with Gasteiger partial charge in [0.25, 0.3) is 0 Å². The number of ketones is 1. The second-order valence-electron chi connectivity index (χ2n) is 8.14. The van der Waals surface area contributed by atoms with E-state index in [0.717, 1.165) is 5.56 Å². The Bertz CT molecular complexity index is 1390. The number of ether oxygens (including phenoxy) is 3. The lowest BCUT2D eigenvalue weighted by Crippen LogP contribution is -2.26. The monoisotopic (exact) mass is 522 g/mol. The SMILES string of the molecule is COc1cc(C(=O)c2ccc(-c3csc(NC(=O)CN(C)C)n3)cc2-n2cncn2)cc(OC)c1OC. The van der Waals surface area contributed by atoms with Gasteiger partial charge in [0.1, 0.15) is 12.7 Å². The average molecular weight is 523 g/mol. The van der Waals surface area contributed by atoms with Crippen molar-refractivity contribution in [1.29, 1.82) is 0 Å². The molecule has 2 aromatic carbocycles. The number of hydrogen-bond acceptors (Lipinski definition) is 10. The van der Waals surface area contributed by atoms with Crippen LogP contribution >= 0.6 is 11.3 Å². The maximum absolute atomic E-state index is 13.7. The molecule has 0 atom stereocenters. The van der Waals surface area contributed by atoms with Crippen LogP contribution in [0.1, 0.15) is 15.9 Å². The zero-order valence-corrected chi connectivity index (χ0v) is 21.8. The van der Waals surface area contributed by atoms with E-state index in [2.05, 4.69) is 20.4 Å². The molecule has 0 bridgehead atoms. The number of thiazole rings is 1. The van der Waals surface area contributed by atoms with Crippen molar-refractivity contribution in [1.82, 2.24) is 24.6 Å². The Balaban J connectivity index is 1.72. The van der Waals surface area contributed by atoms with Crippen molar-refractivity contribution < 1.29 is 23.8 Å². The van der Waals surface area contributed by atoms with E-state index in [9.17, 15) is 9.59 Å². The van der Waals surface area contributed by atoms with E-state index in [1.54, 1.807) is 35.2 Å². The molecule has 0 radical (unpaired) electrons. The molecular formula is C25H26N6O5S. The lowest BCUT2D eigenvalue weighted by molar-refractivity contribution is -0.116. The Labute approximate surface area is 217 Å². The second kappa shape index (κ2) is 11.2. The van der Waals surface area contributed by atoms with Gasteiger partial charge < -0.3 is 24.4 Å². The highest BCUT2D eigenvalue weighted by Gasteiger charge is 2.22. The molecule has 0 aliphatic rings. The van der Waals surface area contributed by atoms with E-state index in [1.165, 1.54) is 50.0 Å². The number of aromatic nitrogens is 4. The number of nitrogens with zero attached hydrogens (tertiary/aromatic N) is 5. The number of amides is 1. The average Bonchev–Trinajstić information content (AvgIpc) is 3.59. The molecule has 37 heavy (non-hydrogen) atoms. The summed E-state index contributed by atoms with van der Waals surface area (Å²) in [6.07, 6.45) is 2.90. The van der Waals surface area contributed by atoms with E-state index < -0.39 is 0 Å². The number of likely N-dealkylation sites (N-methyl/N-ethyl adjacent to an activating group) is 1. The molecular weight excluding hydrogens is 496 g/mol. The predicted molar refractivity (Wildman–Crippen MR) is 139 cm³/mol. The van der Waals surface area contributed by atoms with Crippen LogP contribution in [0.5, 0.6) is 17.2 Å². The number of methoxy groups -OCH3 is 3. The largest absolute Gasteiger partial charge is 0.493 e. The van der Waals surface area contributed by atoms with Gasteiger partial charge in [-0.25, -0.2) is 14.6 Å². The maximum atomic E-state index is 13.7. The molecule has 11 nitrogen and oxygen atoms in total. The van der Waals surface area contributed by atoms with Gasteiger partial charge in [-0.3, -0.25) is 9.59 Å². The van der Waals surface area contributed by atoms with Crippen molar-refractivity contribution in [2.75, 3.05) is 47.3 Å². The maximum Gasteiger partial charge on any atom is 0.240 e. The summed E-state index contributed by atoms with van der Waals surface area (Å²) in [7, 11) is 8.12.